The molecule has 0 saturated heterocycles. The zero-order valence-corrected chi connectivity index (χ0v) is 53.9. The molecule has 0 aromatic heterocycles. The van der Waals surface area contributed by atoms with E-state index in [0.29, 0.717) is 6.03 Å². The lowest BCUT2D eigenvalue weighted by molar-refractivity contribution is 0.148. The topological polar surface area (TPSA) is 23.6 Å². The number of amides is 2. The highest BCUT2D eigenvalue weighted by Gasteiger charge is 2.20. The van der Waals surface area contributed by atoms with Gasteiger partial charge in [0.1, 0.15) is 0 Å². The van der Waals surface area contributed by atoms with Gasteiger partial charge in [0, 0.05) is 26.2 Å². The number of hydrogen-bond donors (Lipinski definition) is 0. The molecule has 0 heterocycles. The maximum Gasteiger partial charge on any atom is 0.319 e. The molecular weight excluding hydrogens is 921 g/mol. The summed E-state index contributed by atoms with van der Waals surface area (Å²) in [5.74, 6) is 0. The molecular formula is C73H148N2O. The maximum absolute atomic E-state index is 14.7. The van der Waals surface area contributed by atoms with Crippen molar-refractivity contribution in [3.05, 3.63) is 0 Å². The predicted octanol–water partition coefficient (Wildman–Crippen LogP) is 26.8. The van der Waals surface area contributed by atoms with Gasteiger partial charge in [0.25, 0.3) is 0 Å². The smallest absolute Gasteiger partial charge is 0.319 e. The molecule has 3 heteroatoms. The van der Waals surface area contributed by atoms with Gasteiger partial charge in [0.15, 0.2) is 0 Å². The van der Waals surface area contributed by atoms with Gasteiger partial charge in [-0.2, -0.15) is 0 Å². The molecule has 0 aromatic rings. The van der Waals surface area contributed by atoms with Crippen molar-refractivity contribution in [2.45, 2.75) is 439 Å². The van der Waals surface area contributed by atoms with Crippen molar-refractivity contribution in [2.24, 2.45) is 0 Å². The molecule has 0 spiro atoms. The first-order valence-electron chi connectivity index (χ1n) is 36.7. The summed E-state index contributed by atoms with van der Waals surface area (Å²) in [4.78, 5) is 19.4. The highest BCUT2D eigenvalue weighted by Crippen LogP contribution is 2.20. The van der Waals surface area contributed by atoms with E-state index in [1.165, 1.54) is 411 Å². The van der Waals surface area contributed by atoms with E-state index in [-0.39, 0.29) is 0 Å². The van der Waals surface area contributed by atoms with Crippen molar-refractivity contribution in [2.75, 3.05) is 26.2 Å². The fraction of sp³-hybridized carbons (Fsp3) is 0.986. The molecule has 0 saturated carbocycles. The molecule has 0 bridgehead atoms. The second-order valence-electron chi connectivity index (χ2n) is 25.5. The third-order valence-corrected chi connectivity index (χ3v) is 17.7. The standard InChI is InChI=1S/C73H148N2O/c1-5-9-13-17-21-25-29-33-37-41-45-49-53-57-61-65-69-74(70-66-62-58-54-50-46-42-38-34-30-26-22-18-14-10-6-2)73(76)75(71-67-63-59-55-51-47-43-39-35-31-27-23-19-15-11-7-3)72-68-64-60-56-52-48-44-40-36-32-28-24-20-16-12-8-4/h5-72H2,1-4H3. The lowest BCUT2D eigenvalue weighted by atomic mass is 10.0. The number of unbranched alkanes of at least 4 members (excludes halogenated alkanes) is 60. The Morgan fingerprint density at radius 1 is 0.158 bits per heavy atom. The first-order chi connectivity index (χ1) is 37.7. The Morgan fingerprint density at radius 2 is 0.250 bits per heavy atom. The van der Waals surface area contributed by atoms with Crippen LogP contribution in [0, 0.1) is 0 Å². The molecule has 0 aliphatic rings. The summed E-state index contributed by atoms with van der Waals surface area (Å²) in [6.07, 6.45) is 89.7. The van der Waals surface area contributed by atoms with Crippen molar-refractivity contribution < 1.29 is 4.79 Å². The molecule has 0 atom stereocenters. The van der Waals surface area contributed by atoms with Crippen LogP contribution in [-0.4, -0.2) is 42.0 Å². The van der Waals surface area contributed by atoms with Crippen LogP contribution in [0.1, 0.15) is 439 Å². The first-order valence-corrected chi connectivity index (χ1v) is 36.7. The molecule has 0 aliphatic heterocycles. The molecule has 0 N–H and O–H groups in total. The van der Waals surface area contributed by atoms with Crippen LogP contribution in [0.3, 0.4) is 0 Å². The molecule has 3 nitrogen and oxygen atoms in total. The lowest BCUT2D eigenvalue weighted by Crippen LogP contribution is -2.45. The minimum atomic E-state index is 0.392. The number of carbonyl (C=O) groups excluding carboxylic acids is 1. The zero-order valence-electron chi connectivity index (χ0n) is 53.9. The zero-order chi connectivity index (χ0) is 54.8. The van der Waals surface area contributed by atoms with Gasteiger partial charge >= 0.3 is 6.03 Å². The fourth-order valence-corrected chi connectivity index (χ4v) is 12.2. The predicted molar refractivity (Wildman–Crippen MR) is 347 cm³/mol. The molecule has 0 aliphatic carbocycles. The van der Waals surface area contributed by atoms with E-state index in [0.717, 1.165) is 26.2 Å². The number of rotatable bonds is 68. The molecule has 0 aromatic carbocycles. The summed E-state index contributed by atoms with van der Waals surface area (Å²) >= 11 is 0. The van der Waals surface area contributed by atoms with Crippen LogP contribution < -0.4 is 0 Å². The minimum absolute atomic E-state index is 0.392. The third-order valence-electron chi connectivity index (χ3n) is 17.7. The summed E-state index contributed by atoms with van der Waals surface area (Å²) in [7, 11) is 0. The Hall–Kier alpha value is -0.730. The Bertz CT molecular complexity index is 878. The van der Waals surface area contributed by atoms with Crippen molar-refractivity contribution in [1.29, 1.82) is 0 Å². The van der Waals surface area contributed by atoms with Crippen molar-refractivity contribution in [3.63, 3.8) is 0 Å². The summed E-state index contributed by atoms with van der Waals surface area (Å²) < 4.78 is 0. The minimum Gasteiger partial charge on any atom is -0.325 e. The maximum atomic E-state index is 14.7. The van der Waals surface area contributed by atoms with Crippen LogP contribution >= 0.6 is 0 Å². The van der Waals surface area contributed by atoms with Gasteiger partial charge in [0.05, 0.1) is 0 Å². The Kier molecular flexibility index (Phi) is 67.9. The van der Waals surface area contributed by atoms with Gasteiger partial charge in [-0.05, 0) is 25.7 Å². The van der Waals surface area contributed by atoms with E-state index >= 15 is 0 Å². The normalized spacial score (nSPS) is 11.6. The van der Waals surface area contributed by atoms with Gasteiger partial charge in [0.2, 0.25) is 0 Å². The van der Waals surface area contributed by atoms with Crippen molar-refractivity contribution in [1.82, 2.24) is 9.80 Å². The average Bonchev–Trinajstić information content (AvgIpc) is 3.43. The number of urea groups is 1. The van der Waals surface area contributed by atoms with E-state index in [1.807, 2.05) is 0 Å². The van der Waals surface area contributed by atoms with E-state index in [1.54, 1.807) is 0 Å². The van der Waals surface area contributed by atoms with Crippen molar-refractivity contribution >= 4 is 6.03 Å². The summed E-state index contributed by atoms with van der Waals surface area (Å²) in [6, 6.07) is 0.392. The summed E-state index contributed by atoms with van der Waals surface area (Å²) in [6.45, 7) is 13.2. The van der Waals surface area contributed by atoms with Crippen molar-refractivity contribution in [3.8, 4) is 0 Å². The molecule has 0 fully saturated rings. The van der Waals surface area contributed by atoms with E-state index in [4.69, 9.17) is 0 Å². The molecule has 456 valence electrons. The second kappa shape index (κ2) is 68.5. The quantitative estimate of drug-likeness (QED) is 0.0557. The SMILES string of the molecule is CCCCCCCCCCCCCCCCCCN(CCCCCCCCCCCCCCCCCC)C(=O)N(CCCCCCCCCCCCCCCCCC)CCCCCCCCCCCCCCCCCC. The monoisotopic (exact) mass is 1070 g/mol. The third kappa shape index (κ3) is 60.9. The molecule has 0 unspecified atom stereocenters. The summed E-state index contributed by atoms with van der Waals surface area (Å²) in [5, 5.41) is 0. The average molecular weight is 1070 g/mol. The van der Waals surface area contributed by atoms with Crippen LogP contribution in [0.5, 0.6) is 0 Å². The van der Waals surface area contributed by atoms with E-state index < -0.39 is 0 Å². The summed E-state index contributed by atoms with van der Waals surface area (Å²) in [5.41, 5.74) is 0. The Balaban J connectivity index is 5.00. The van der Waals surface area contributed by atoms with Crippen LogP contribution in [-0.2, 0) is 0 Å². The Morgan fingerprint density at radius 3 is 0.355 bits per heavy atom. The van der Waals surface area contributed by atoms with Crippen LogP contribution in [0.15, 0.2) is 0 Å². The number of hydrogen-bond acceptors (Lipinski definition) is 1. The van der Waals surface area contributed by atoms with E-state index in [9.17, 15) is 4.79 Å². The van der Waals surface area contributed by atoms with Gasteiger partial charge in [-0.1, -0.05) is 413 Å². The highest BCUT2D eigenvalue weighted by atomic mass is 16.2. The van der Waals surface area contributed by atoms with Crippen LogP contribution in [0.4, 0.5) is 4.79 Å². The molecule has 0 radical (unpaired) electrons. The Labute approximate surface area is 483 Å². The first kappa shape index (κ1) is 75.3. The molecule has 0 rings (SSSR count). The van der Waals surface area contributed by atoms with Crippen LogP contribution in [0.25, 0.3) is 0 Å². The second-order valence-corrected chi connectivity index (χ2v) is 25.5. The number of carbonyl (C=O) groups is 1. The number of nitrogens with zero attached hydrogens (tertiary/aromatic N) is 2. The van der Waals surface area contributed by atoms with Gasteiger partial charge in [-0.3, -0.25) is 0 Å². The lowest BCUT2D eigenvalue weighted by Gasteiger charge is -2.31. The van der Waals surface area contributed by atoms with Gasteiger partial charge in [-0.25, -0.2) is 4.79 Å². The molecule has 2 amide bonds. The van der Waals surface area contributed by atoms with Crippen LogP contribution in [0.2, 0.25) is 0 Å². The fourth-order valence-electron chi connectivity index (χ4n) is 12.2. The highest BCUT2D eigenvalue weighted by molar-refractivity contribution is 5.74. The van der Waals surface area contributed by atoms with E-state index in [2.05, 4.69) is 37.5 Å². The molecule has 76 heavy (non-hydrogen) atoms. The van der Waals surface area contributed by atoms with Gasteiger partial charge < -0.3 is 9.80 Å². The van der Waals surface area contributed by atoms with Gasteiger partial charge in [-0.15, -0.1) is 0 Å². The largest absolute Gasteiger partial charge is 0.325 e.